The Kier molecular flexibility index (Phi) is 6.54. The van der Waals surface area contributed by atoms with Gasteiger partial charge in [0.25, 0.3) is 0 Å². The zero-order valence-corrected chi connectivity index (χ0v) is 19.4. The summed E-state index contributed by atoms with van der Waals surface area (Å²) < 4.78 is 26.3. The number of rotatable bonds is 9. The van der Waals surface area contributed by atoms with E-state index in [-0.39, 0.29) is 11.7 Å². The summed E-state index contributed by atoms with van der Waals surface area (Å²) in [5.74, 6) is 1.15. The lowest BCUT2D eigenvalue weighted by molar-refractivity contribution is 0.349. The molecule has 3 heterocycles. The molecule has 0 bridgehead atoms. The van der Waals surface area contributed by atoms with Gasteiger partial charge in [-0.1, -0.05) is 41.6 Å². The lowest BCUT2D eigenvalue weighted by Crippen LogP contribution is -2.15. The zero-order chi connectivity index (χ0) is 24.2. The average Bonchev–Trinajstić information content (AvgIpc) is 3.51. The van der Waals surface area contributed by atoms with Gasteiger partial charge in [0.05, 0.1) is 11.3 Å². The summed E-state index contributed by atoms with van der Waals surface area (Å²) in [4.78, 5) is 11.9. The maximum atomic E-state index is 15.0. The third kappa shape index (κ3) is 5.07. The molecule has 2 aromatic carbocycles. The minimum absolute atomic E-state index is 0.145. The molecule has 35 heavy (non-hydrogen) atoms. The Labute approximate surface area is 202 Å². The van der Waals surface area contributed by atoms with Crippen molar-refractivity contribution in [2.24, 2.45) is 5.73 Å². The second-order valence-corrected chi connectivity index (χ2v) is 8.54. The monoisotopic (exact) mass is 471 g/mol. The first-order valence-corrected chi connectivity index (χ1v) is 11.6. The molecule has 1 unspecified atom stereocenters. The zero-order valence-electron chi connectivity index (χ0n) is 19.4. The lowest BCUT2D eigenvalue weighted by atomic mass is 9.99. The molecule has 0 aliphatic carbocycles. The van der Waals surface area contributed by atoms with Gasteiger partial charge in [0.1, 0.15) is 11.4 Å². The van der Waals surface area contributed by atoms with Gasteiger partial charge in [-0.15, -0.1) is 0 Å². The highest BCUT2D eigenvalue weighted by atomic mass is 19.1. The van der Waals surface area contributed by atoms with Crippen LogP contribution in [0.25, 0.3) is 11.0 Å². The van der Waals surface area contributed by atoms with Crippen LogP contribution in [0.15, 0.2) is 71.5 Å². The summed E-state index contributed by atoms with van der Waals surface area (Å²) >= 11 is 0. The number of nitrogens with one attached hydrogen (secondary N) is 1. The van der Waals surface area contributed by atoms with Crippen LogP contribution in [0.4, 0.5) is 4.39 Å². The molecule has 0 fully saturated rings. The Balaban J connectivity index is 1.27. The number of hydrogen-bond acceptors (Lipinski definition) is 6. The first kappa shape index (κ1) is 22.7. The van der Waals surface area contributed by atoms with E-state index in [1.807, 2.05) is 37.4 Å². The second kappa shape index (κ2) is 10.1. The summed E-state index contributed by atoms with van der Waals surface area (Å²) in [5.41, 5.74) is 9.66. The van der Waals surface area contributed by atoms with E-state index in [0.717, 1.165) is 22.9 Å². The Bertz CT molecular complexity index is 1430. The molecule has 0 aliphatic heterocycles. The number of nitrogens with two attached hydrogens (primary N) is 1. The largest absolute Gasteiger partial charge is 0.453 e. The van der Waals surface area contributed by atoms with Crippen LogP contribution >= 0.6 is 0 Å². The molecule has 178 valence electrons. The molecule has 8 heteroatoms. The molecular formula is C27H26FN5O2. The van der Waals surface area contributed by atoms with E-state index < -0.39 is 5.82 Å². The number of aromatic nitrogens is 4. The Hall–Kier alpha value is -4.04. The van der Waals surface area contributed by atoms with Gasteiger partial charge in [0.2, 0.25) is 5.89 Å². The highest BCUT2D eigenvalue weighted by Crippen LogP contribution is 2.33. The van der Waals surface area contributed by atoms with Crippen molar-refractivity contribution >= 4 is 11.0 Å². The maximum absolute atomic E-state index is 15.0. The molecule has 0 saturated carbocycles. The van der Waals surface area contributed by atoms with E-state index in [1.165, 1.54) is 11.6 Å². The smallest absolute Gasteiger partial charge is 0.231 e. The molecule has 0 aliphatic rings. The molecule has 7 nitrogen and oxygen atoms in total. The number of aromatic amines is 1. The van der Waals surface area contributed by atoms with Gasteiger partial charge in [-0.2, -0.15) is 4.98 Å². The standard InChI is InChI=1S/C27H26FN5O2/c1-17-16-31-26-25(17)23(11-12-30-26)34-22-9-7-19(14-21(22)28)13-20(15-29)27-32-24(33-35-27)10-8-18-5-3-2-4-6-18/h2-7,9,11-12,14,16,20H,8,10,13,15,29H2,1H3,(H,30,31). The number of halogens is 1. The molecule has 3 aromatic heterocycles. The van der Waals surface area contributed by atoms with Crippen LogP contribution in [0.1, 0.15) is 34.3 Å². The van der Waals surface area contributed by atoms with Gasteiger partial charge in [0, 0.05) is 25.4 Å². The summed E-state index contributed by atoms with van der Waals surface area (Å²) in [7, 11) is 0. The van der Waals surface area contributed by atoms with Gasteiger partial charge >= 0.3 is 0 Å². The minimum Gasteiger partial charge on any atom is -0.453 e. The first-order valence-electron chi connectivity index (χ1n) is 11.6. The predicted molar refractivity (Wildman–Crippen MR) is 131 cm³/mol. The normalized spacial score (nSPS) is 12.2. The maximum Gasteiger partial charge on any atom is 0.231 e. The first-order chi connectivity index (χ1) is 17.1. The third-order valence-corrected chi connectivity index (χ3v) is 6.03. The molecule has 5 aromatic rings. The minimum atomic E-state index is -0.453. The number of hydrogen-bond donors (Lipinski definition) is 2. The number of benzene rings is 2. The molecule has 0 radical (unpaired) electrons. The quantitative estimate of drug-likeness (QED) is 0.304. The Morgan fingerprint density at radius 3 is 2.71 bits per heavy atom. The third-order valence-electron chi connectivity index (χ3n) is 6.03. The summed E-state index contributed by atoms with van der Waals surface area (Å²) in [6, 6.07) is 16.8. The van der Waals surface area contributed by atoms with E-state index in [2.05, 4.69) is 32.2 Å². The van der Waals surface area contributed by atoms with Crippen LogP contribution < -0.4 is 10.5 Å². The predicted octanol–water partition coefficient (Wildman–Crippen LogP) is 5.26. The highest BCUT2D eigenvalue weighted by Gasteiger charge is 2.20. The van der Waals surface area contributed by atoms with E-state index in [9.17, 15) is 4.39 Å². The van der Waals surface area contributed by atoms with Gasteiger partial charge in [-0.3, -0.25) is 0 Å². The molecular weight excluding hydrogens is 445 g/mol. The van der Waals surface area contributed by atoms with Gasteiger partial charge in [0.15, 0.2) is 17.4 Å². The van der Waals surface area contributed by atoms with Crippen molar-refractivity contribution in [3.63, 3.8) is 0 Å². The molecule has 0 saturated heterocycles. The fraction of sp³-hybridized carbons (Fsp3) is 0.222. The van der Waals surface area contributed by atoms with E-state index in [4.69, 9.17) is 15.0 Å². The van der Waals surface area contributed by atoms with Crippen molar-refractivity contribution < 1.29 is 13.7 Å². The molecule has 0 amide bonds. The van der Waals surface area contributed by atoms with E-state index in [0.29, 0.717) is 42.5 Å². The molecule has 0 spiro atoms. The van der Waals surface area contributed by atoms with Gasteiger partial charge < -0.3 is 20.0 Å². The number of H-pyrrole nitrogens is 1. The molecule has 3 N–H and O–H groups in total. The van der Waals surface area contributed by atoms with Crippen LogP contribution in [-0.2, 0) is 19.3 Å². The van der Waals surface area contributed by atoms with Crippen LogP contribution in [0.2, 0.25) is 0 Å². The van der Waals surface area contributed by atoms with Crippen LogP contribution in [-0.4, -0.2) is 26.7 Å². The SMILES string of the molecule is Cc1c[nH]c2nccc(Oc3ccc(CC(CN)c4nc(CCc5ccccc5)no4)cc3F)c12. The van der Waals surface area contributed by atoms with Gasteiger partial charge in [-0.05, 0) is 54.7 Å². The lowest BCUT2D eigenvalue weighted by Gasteiger charge is -2.12. The Morgan fingerprint density at radius 1 is 1.06 bits per heavy atom. The number of aryl methyl sites for hydroxylation is 3. The summed E-state index contributed by atoms with van der Waals surface area (Å²) in [5, 5.41) is 4.94. The fourth-order valence-corrected chi connectivity index (χ4v) is 4.13. The van der Waals surface area contributed by atoms with Crippen LogP contribution in [0.5, 0.6) is 11.5 Å². The van der Waals surface area contributed by atoms with Crippen LogP contribution in [0, 0.1) is 12.7 Å². The second-order valence-electron chi connectivity index (χ2n) is 8.54. The molecule has 1 atom stereocenters. The van der Waals surface area contributed by atoms with E-state index in [1.54, 1.807) is 18.3 Å². The summed E-state index contributed by atoms with van der Waals surface area (Å²) in [6.45, 7) is 2.26. The van der Waals surface area contributed by atoms with Gasteiger partial charge in [-0.25, -0.2) is 9.37 Å². The average molecular weight is 472 g/mol. The van der Waals surface area contributed by atoms with Crippen molar-refractivity contribution in [3.05, 3.63) is 101 Å². The number of ether oxygens (including phenoxy) is 1. The van der Waals surface area contributed by atoms with Crippen molar-refractivity contribution in [3.8, 4) is 11.5 Å². The van der Waals surface area contributed by atoms with Crippen molar-refractivity contribution in [2.75, 3.05) is 6.54 Å². The summed E-state index contributed by atoms with van der Waals surface area (Å²) in [6.07, 6.45) is 5.45. The Morgan fingerprint density at radius 2 is 1.91 bits per heavy atom. The van der Waals surface area contributed by atoms with Crippen LogP contribution in [0.3, 0.4) is 0 Å². The number of pyridine rings is 1. The van der Waals surface area contributed by atoms with Crippen molar-refractivity contribution in [1.82, 2.24) is 20.1 Å². The van der Waals surface area contributed by atoms with Crippen molar-refractivity contribution in [2.45, 2.75) is 32.1 Å². The van der Waals surface area contributed by atoms with E-state index >= 15 is 0 Å². The number of fused-ring (bicyclic) bond motifs is 1. The number of nitrogens with zero attached hydrogens (tertiary/aromatic N) is 3. The highest BCUT2D eigenvalue weighted by molar-refractivity contribution is 5.86. The van der Waals surface area contributed by atoms with Crippen molar-refractivity contribution in [1.29, 1.82) is 0 Å². The topological polar surface area (TPSA) is 103 Å². The fourth-order valence-electron chi connectivity index (χ4n) is 4.13. The molecule has 5 rings (SSSR count).